The van der Waals surface area contributed by atoms with Gasteiger partial charge in [0.25, 0.3) is 6.43 Å². The summed E-state index contributed by atoms with van der Waals surface area (Å²) in [6.07, 6.45) is -2.94. The summed E-state index contributed by atoms with van der Waals surface area (Å²) in [6.45, 7) is 1.64. The van der Waals surface area contributed by atoms with Gasteiger partial charge in [0.05, 0.1) is 30.4 Å². The number of esters is 1. The molecule has 0 aliphatic carbocycles. The molecule has 0 aliphatic rings. The van der Waals surface area contributed by atoms with E-state index in [0.29, 0.717) is 0 Å². The third kappa shape index (κ3) is 2.56. The molecule has 1 aromatic rings. The minimum atomic E-state index is -2.94. The van der Waals surface area contributed by atoms with E-state index >= 15 is 0 Å². The first-order chi connectivity index (χ1) is 8.56. The van der Waals surface area contributed by atoms with Gasteiger partial charge < -0.3 is 9.47 Å². The standard InChI is InChI=1S/C12H11F2NO3/c1-3-18-12(16)8-5-4-7(6-15)10(17-2)9(8)11(13)14/h4-5,11H,3H2,1-2H3. The van der Waals surface area contributed by atoms with Crippen LogP contribution in [0, 0.1) is 11.3 Å². The fraction of sp³-hybridized carbons (Fsp3) is 0.333. The highest BCUT2D eigenvalue weighted by Gasteiger charge is 2.26. The maximum absolute atomic E-state index is 13.0. The highest BCUT2D eigenvalue weighted by atomic mass is 19.3. The topological polar surface area (TPSA) is 59.3 Å². The average Bonchev–Trinajstić information content (AvgIpc) is 2.36. The number of ether oxygens (including phenoxy) is 2. The molecule has 0 N–H and O–H groups in total. The number of alkyl halides is 2. The SMILES string of the molecule is CCOC(=O)c1ccc(C#N)c(OC)c1C(F)F. The van der Waals surface area contributed by atoms with Crippen LogP contribution in [0.3, 0.4) is 0 Å². The molecule has 0 aromatic heterocycles. The van der Waals surface area contributed by atoms with E-state index in [2.05, 4.69) is 4.74 Å². The van der Waals surface area contributed by atoms with Crippen LogP contribution in [0.5, 0.6) is 5.75 Å². The molecule has 4 nitrogen and oxygen atoms in total. The van der Waals surface area contributed by atoms with Crippen LogP contribution in [-0.4, -0.2) is 19.7 Å². The molecule has 0 aliphatic heterocycles. The Morgan fingerprint density at radius 3 is 2.61 bits per heavy atom. The van der Waals surface area contributed by atoms with Crippen molar-refractivity contribution in [2.45, 2.75) is 13.3 Å². The summed E-state index contributed by atoms with van der Waals surface area (Å²) in [5, 5.41) is 8.80. The maximum Gasteiger partial charge on any atom is 0.338 e. The van der Waals surface area contributed by atoms with E-state index in [4.69, 9.17) is 10.00 Å². The Balaban J connectivity index is 3.45. The molecule has 1 aromatic carbocycles. The molecule has 0 bridgehead atoms. The van der Waals surface area contributed by atoms with Crippen LogP contribution in [0.15, 0.2) is 12.1 Å². The van der Waals surface area contributed by atoms with Gasteiger partial charge in [-0.3, -0.25) is 0 Å². The van der Waals surface area contributed by atoms with Gasteiger partial charge in [-0.2, -0.15) is 5.26 Å². The normalized spacial score (nSPS) is 10.0. The predicted molar refractivity (Wildman–Crippen MR) is 58.6 cm³/mol. The predicted octanol–water partition coefficient (Wildman–Crippen LogP) is 2.68. The van der Waals surface area contributed by atoms with Crippen molar-refractivity contribution in [3.63, 3.8) is 0 Å². The lowest BCUT2D eigenvalue weighted by Crippen LogP contribution is -2.10. The van der Waals surface area contributed by atoms with Crippen LogP contribution in [0.2, 0.25) is 0 Å². The summed E-state index contributed by atoms with van der Waals surface area (Å²) < 4.78 is 35.5. The highest BCUT2D eigenvalue weighted by Crippen LogP contribution is 2.35. The maximum atomic E-state index is 13.0. The second kappa shape index (κ2) is 5.96. The van der Waals surface area contributed by atoms with Gasteiger partial charge >= 0.3 is 5.97 Å². The number of halogens is 2. The summed E-state index contributed by atoms with van der Waals surface area (Å²) in [4.78, 5) is 11.5. The van der Waals surface area contributed by atoms with Crippen molar-refractivity contribution in [3.8, 4) is 11.8 Å². The quantitative estimate of drug-likeness (QED) is 0.776. The molecule has 1 rings (SSSR count). The smallest absolute Gasteiger partial charge is 0.338 e. The third-order valence-electron chi connectivity index (χ3n) is 2.23. The monoisotopic (exact) mass is 255 g/mol. The number of benzene rings is 1. The molecule has 0 amide bonds. The van der Waals surface area contributed by atoms with E-state index in [1.807, 2.05) is 0 Å². The van der Waals surface area contributed by atoms with Crippen LogP contribution in [0.4, 0.5) is 8.78 Å². The Kier molecular flexibility index (Phi) is 4.60. The fourth-order valence-corrected chi connectivity index (χ4v) is 1.51. The zero-order valence-electron chi connectivity index (χ0n) is 9.87. The minimum Gasteiger partial charge on any atom is -0.495 e. The summed E-state index contributed by atoms with van der Waals surface area (Å²) in [5.41, 5.74) is -0.960. The van der Waals surface area contributed by atoms with E-state index in [-0.39, 0.29) is 23.5 Å². The zero-order valence-corrected chi connectivity index (χ0v) is 9.87. The summed E-state index contributed by atoms with van der Waals surface area (Å²) in [5.74, 6) is -1.16. The van der Waals surface area contributed by atoms with Gasteiger partial charge in [0.1, 0.15) is 11.8 Å². The molecule has 0 atom stereocenters. The molecule has 0 fully saturated rings. The Morgan fingerprint density at radius 1 is 1.50 bits per heavy atom. The lowest BCUT2D eigenvalue weighted by atomic mass is 10.0. The van der Waals surface area contributed by atoms with Gasteiger partial charge in [0, 0.05) is 0 Å². The van der Waals surface area contributed by atoms with Gasteiger partial charge in [-0.05, 0) is 19.1 Å². The minimum absolute atomic E-state index is 0.0548. The van der Waals surface area contributed by atoms with E-state index in [1.165, 1.54) is 6.07 Å². The summed E-state index contributed by atoms with van der Waals surface area (Å²) in [7, 11) is 1.16. The van der Waals surface area contributed by atoms with Crippen LogP contribution in [0.25, 0.3) is 0 Å². The van der Waals surface area contributed by atoms with E-state index in [1.54, 1.807) is 13.0 Å². The molecule has 0 saturated heterocycles. The van der Waals surface area contributed by atoms with Gasteiger partial charge in [-0.1, -0.05) is 0 Å². The number of nitriles is 1. The van der Waals surface area contributed by atoms with Gasteiger partial charge in [0.15, 0.2) is 0 Å². The number of carbonyl (C=O) groups excluding carboxylic acids is 1. The molecular weight excluding hydrogens is 244 g/mol. The lowest BCUT2D eigenvalue weighted by molar-refractivity contribution is 0.0514. The Morgan fingerprint density at radius 2 is 2.17 bits per heavy atom. The molecule has 18 heavy (non-hydrogen) atoms. The first-order valence-electron chi connectivity index (χ1n) is 5.13. The summed E-state index contributed by atoms with van der Waals surface area (Å²) >= 11 is 0. The molecule has 0 unspecified atom stereocenters. The van der Waals surface area contributed by atoms with Crippen molar-refractivity contribution in [2.24, 2.45) is 0 Å². The molecule has 0 saturated carbocycles. The molecule has 0 spiro atoms. The van der Waals surface area contributed by atoms with E-state index in [0.717, 1.165) is 13.2 Å². The van der Waals surface area contributed by atoms with Gasteiger partial charge in [0.2, 0.25) is 0 Å². The zero-order chi connectivity index (χ0) is 13.7. The Hall–Kier alpha value is -2.16. The first kappa shape index (κ1) is 13.9. The summed E-state index contributed by atoms with van der Waals surface area (Å²) in [6, 6.07) is 4.12. The van der Waals surface area contributed by atoms with Gasteiger partial charge in [-0.25, -0.2) is 13.6 Å². The average molecular weight is 255 g/mol. The van der Waals surface area contributed by atoms with Crippen LogP contribution >= 0.6 is 0 Å². The highest BCUT2D eigenvalue weighted by molar-refractivity contribution is 5.92. The van der Waals surface area contributed by atoms with Crippen molar-refractivity contribution in [1.82, 2.24) is 0 Å². The van der Waals surface area contributed by atoms with Crippen molar-refractivity contribution in [3.05, 3.63) is 28.8 Å². The van der Waals surface area contributed by atoms with Crippen LogP contribution in [0.1, 0.15) is 34.8 Å². The Labute approximate surface area is 103 Å². The number of methoxy groups -OCH3 is 1. The molecule has 6 heteroatoms. The second-order valence-electron chi connectivity index (χ2n) is 3.24. The van der Waals surface area contributed by atoms with E-state index < -0.39 is 18.0 Å². The number of carbonyl (C=O) groups is 1. The lowest BCUT2D eigenvalue weighted by Gasteiger charge is -2.13. The molecule has 96 valence electrons. The number of hydrogen-bond acceptors (Lipinski definition) is 4. The Bertz CT molecular complexity index is 495. The largest absolute Gasteiger partial charge is 0.495 e. The number of rotatable bonds is 4. The van der Waals surface area contributed by atoms with E-state index in [9.17, 15) is 13.6 Å². The van der Waals surface area contributed by atoms with Crippen LogP contribution in [-0.2, 0) is 4.74 Å². The van der Waals surface area contributed by atoms with Gasteiger partial charge in [-0.15, -0.1) is 0 Å². The number of nitrogens with zero attached hydrogens (tertiary/aromatic N) is 1. The molecule has 0 radical (unpaired) electrons. The first-order valence-corrected chi connectivity index (χ1v) is 5.13. The molecule has 0 heterocycles. The van der Waals surface area contributed by atoms with Crippen LogP contribution < -0.4 is 4.74 Å². The van der Waals surface area contributed by atoms with Crippen molar-refractivity contribution in [1.29, 1.82) is 5.26 Å². The number of hydrogen-bond donors (Lipinski definition) is 0. The second-order valence-corrected chi connectivity index (χ2v) is 3.24. The van der Waals surface area contributed by atoms with Crippen molar-refractivity contribution >= 4 is 5.97 Å². The molecular formula is C12H11F2NO3. The van der Waals surface area contributed by atoms with Crippen molar-refractivity contribution < 1.29 is 23.0 Å². The fourth-order valence-electron chi connectivity index (χ4n) is 1.51. The third-order valence-corrected chi connectivity index (χ3v) is 2.23. The van der Waals surface area contributed by atoms with Crippen molar-refractivity contribution in [2.75, 3.05) is 13.7 Å².